The van der Waals surface area contributed by atoms with Gasteiger partial charge in [0.25, 0.3) is 5.91 Å². The molecule has 0 unspecified atom stereocenters. The number of nitrogens with zero attached hydrogens (tertiary/aromatic N) is 2. The Morgan fingerprint density at radius 2 is 1.82 bits per heavy atom. The molecule has 7 nitrogen and oxygen atoms in total. The molecule has 34 heavy (non-hydrogen) atoms. The van der Waals surface area contributed by atoms with E-state index in [0.717, 1.165) is 10.6 Å². The van der Waals surface area contributed by atoms with Crippen LogP contribution in [0, 0.1) is 25.5 Å². The summed E-state index contributed by atoms with van der Waals surface area (Å²) in [6.07, 6.45) is 1.48. The van der Waals surface area contributed by atoms with Crippen molar-refractivity contribution in [2.75, 3.05) is 11.9 Å². The predicted molar refractivity (Wildman–Crippen MR) is 126 cm³/mol. The Morgan fingerprint density at radius 1 is 1.09 bits per heavy atom. The number of rotatable bonds is 5. The van der Waals surface area contributed by atoms with Gasteiger partial charge in [-0.25, -0.2) is 18.5 Å². The van der Waals surface area contributed by atoms with Gasteiger partial charge in [-0.3, -0.25) is 9.59 Å². The van der Waals surface area contributed by atoms with Crippen LogP contribution in [0.3, 0.4) is 0 Å². The maximum absolute atomic E-state index is 14.5. The molecule has 1 aliphatic heterocycles. The molecule has 2 heterocycles. The van der Waals surface area contributed by atoms with E-state index >= 15 is 0 Å². The lowest BCUT2D eigenvalue weighted by Crippen LogP contribution is -2.38. The Kier molecular flexibility index (Phi) is 6.34. The van der Waals surface area contributed by atoms with Crippen molar-refractivity contribution < 1.29 is 23.2 Å². The maximum Gasteiger partial charge on any atom is 0.329 e. The minimum atomic E-state index is -0.771. The molecule has 4 amide bonds. The highest BCUT2D eigenvalue weighted by Gasteiger charge is 2.35. The number of hydrogen-bond acceptors (Lipinski definition) is 3. The second-order valence-corrected chi connectivity index (χ2v) is 8.58. The number of imide groups is 1. The van der Waals surface area contributed by atoms with Crippen LogP contribution in [-0.2, 0) is 9.59 Å². The molecule has 10 heteroatoms. The van der Waals surface area contributed by atoms with E-state index in [1.165, 1.54) is 30.3 Å². The van der Waals surface area contributed by atoms with E-state index in [-0.39, 0.29) is 11.4 Å². The highest BCUT2D eigenvalue weighted by molar-refractivity contribution is 9.10. The second kappa shape index (κ2) is 9.22. The van der Waals surface area contributed by atoms with Crippen LogP contribution in [0.15, 0.2) is 58.7 Å². The molecule has 0 spiro atoms. The largest absolute Gasteiger partial charge is 0.329 e. The summed E-state index contributed by atoms with van der Waals surface area (Å²) in [5.41, 5.74) is 2.24. The fourth-order valence-corrected chi connectivity index (χ4v) is 4.07. The maximum atomic E-state index is 14.5. The molecule has 1 aromatic heterocycles. The Hall–Kier alpha value is -3.79. The summed E-state index contributed by atoms with van der Waals surface area (Å²) in [6, 6.07) is 11.3. The molecule has 1 aliphatic rings. The van der Waals surface area contributed by atoms with E-state index in [9.17, 15) is 23.2 Å². The van der Waals surface area contributed by atoms with Crippen molar-refractivity contribution in [3.63, 3.8) is 0 Å². The van der Waals surface area contributed by atoms with Gasteiger partial charge in [0.1, 0.15) is 23.9 Å². The zero-order valence-electron chi connectivity index (χ0n) is 18.2. The van der Waals surface area contributed by atoms with Gasteiger partial charge >= 0.3 is 6.03 Å². The number of aryl methyl sites for hydroxylation is 1. The minimum absolute atomic E-state index is 0.0276. The van der Waals surface area contributed by atoms with Gasteiger partial charge in [-0.1, -0.05) is 28.1 Å². The quantitative estimate of drug-likeness (QED) is 0.373. The Morgan fingerprint density at radius 3 is 2.53 bits per heavy atom. The summed E-state index contributed by atoms with van der Waals surface area (Å²) in [5, 5.41) is 4.79. The number of carbonyl (C=O) groups is 3. The first-order valence-electron chi connectivity index (χ1n) is 10.2. The lowest BCUT2D eigenvalue weighted by molar-refractivity contribution is -0.127. The lowest BCUT2D eigenvalue weighted by Gasteiger charge is -2.12. The molecular formula is C24H19BrF2N4O3. The number of nitrogens with one attached hydrogen (secondary N) is 2. The lowest BCUT2D eigenvalue weighted by atomic mass is 10.2. The standard InChI is InChI=1S/C24H19BrF2N4O3/c1-13-9-15(14(2)31(13)21-8-7-16(25)11-18(21)27)10-20-23(33)30(24(34)29-20)12-22(32)28-19-6-4-3-5-17(19)26/h3-11H,12H2,1-2H3,(H,28,32)(H,29,34)/b20-10+. The van der Waals surface area contributed by atoms with Crippen LogP contribution in [0.4, 0.5) is 19.3 Å². The van der Waals surface area contributed by atoms with Crippen LogP contribution >= 0.6 is 15.9 Å². The monoisotopic (exact) mass is 528 g/mol. The van der Waals surface area contributed by atoms with Crippen molar-refractivity contribution >= 4 is 45.5 Å². The molecule has 4 rings (SSSR count). The SMILES string of the molecule is Cc1cc(/C=C2/NC(=O)N(CC(=O)Nc3ccccc3F)C2=O)c(C)n1-c1ccc(Br)cc1F. The third kappa shape index (κ3) is 4.49. The van der Waals surface area contributed by atoms with Crippen LogP contribution in [0.1, 0.15) is 17.0 Å². The van der Waals surface area contributed by atoms with E-state index < -0.39 is 36.0 Å². The normalized spacial score (nSPS) is 14.6. The number of benzene rings is 2. The van der Waals surface area contributed by atoms with Crippen LogP contribution in [-0.4, -0.2) is 33.9 Å². The molecule has 0 radical (unpaired) electrons. The molecule has 2 N–H and O–H groups in total. The van der Waals surface area contributed by atoms with Crippen LogP contribution < -0.4 is 10.6 Å². The highest BCUT2D eigenvalue weighted by Crippen LogP contribution is 2.27. The number of carbonyl (C=O) groups excluding carboxylic acids is 3. The number of halogens is 3. The van der Waals surface area contributed by atoms with Crippen molar-refractivity contribution in [1.29, 1.82) is 0 Å². The Labute approximate surface area is 202 Å². The third-order valence-corrected chi connectivity index (χ3v) is 5.83. The van der Waals surface area contributed by atoms with Gasteiger partial charge < -0.3 is 15.2 Å². The van der Waals surface area contributed by atoms with Crippen molar-refractivity contribution in [2.24, 2.45) is 0 Å². The zero-order chi connectivity index (χ0) is 24.6. The topological polar surface area (TPSA) is 83.4 Å². The predicted octanol–water partition coefficient (Wildman–Crippen LogP) is 4.67. The fourth-order valence-electron chi connectivity index (χ4n) is 3.73. The van der Waals surface area contributed by atoms with E-state index in [1.54, 1.807) is 42.7 Å². The summed E-state index contributed by atoms with van der Waals surface area (Å²) >= 11 is 3.24. The second-order valence-electron chi connectivity index (χ2n) is 7.67. The van der Waals surface area contributed by atoms with Gasteiger partial charge in [-0.2, -0.15) is 0 Å². The molecular weight excluding hydrogens is 510 g/mol. The van der Waals surface area contributed by atoms with Gasteiger partial charge in [0, 0.05) is 15.9 Å². The number of anilines is 1. The molecule has 1 saturated heterocycles. The van der Waals surface area contributed by atoms with E-state index in [1.807, 2.05) is 0 Å². The summed E-state index contributed by atoms with van der Waals surface area (Å²) < 4.78 is 30.6. The van der Waals surface area contributed by atoms with Gasteiger partial charge in [0.15, 0.2) is 0 Å². The van der Waals surface area contributed by atoms with Gasteiger partial charge in [0.05, 0.1) is 11.4 Å². The minimum Gasteiger partial charge on any atom is -0.322 e. The summed E-state index contributed by atoms with van der Waals surface area (Å²) in [4.78, 5) is 38.1. The Balaban J connectivity index is 1.56. The molecule has 174 valence electrons. The van der Waals surface area contributed by atoms with Gasteiger partial charge in [-0.15, -0.1) is 0 Å². The molecule has 3 aromatic rings. The molecule has 0 aliphatic carbocycles. The smallest absolute Gasteiger partial charge is 0.322 e. The van der Waals surface area contributed by atoms with Gasteiger partial charge in [-0.05, 0) is 61.9 Å². The summed E-state index contributed by atoms with van der Waals surface area (Å²) in [7, 11) is 0. The van der Waals surface area contributed by atoms with Crippen LogP contribution in [0.2, 0.25) is 0 Å². The van der Waals surface area contributed by atoms with Gasteiger partial charge in [0.2, 0.25) is 5.91 Å². The number of urea groups is 1. The molecule has 0 atom stereocenters. The number of hydrogen-bond donors (Lipinski definition) is 2. The van der Waals surface area contributed by atoms with E-state index in [0.29, 0.717) is 21.4 Å². The first-order valence-corrected chi connectivity index (χ1v) is 11.0. The number of para-hydroxylation sites is 1. The Bertz CT molecular complexity index is 1370. The van der Waals surface area contributed by atoms with Crippen LogP contribution in [0.5, 0.6) is 0 Å². The van der Waals surface area contributed by atoms with Crippen molar-refractivity contribution in [1.82, 2.24) is 14.8 Å². The third-order valence-electron chi connectivity index (χ3n) is 5.33. The summed E-state index contributed by atoms with van der Waals surface area (Å²) in [5.74, 6) is -2.48. The molecule has 2 aromatic carbocycles. The number of aromatic nitrogens is 1. The fraction of sp³-hybridized carbons (Fsp3) is 0.125. The van der Waals surface area contributed by atoms with Crippen LogP contribution in [0.25, 0.3) is 11.8 Å². The van der Waals surface area contributed by atoms with E-state index in [4.69, 9.17) is 0 Å². The molecule has 0 bridgehead atoms. The average molecular weight is 529 g/mol. The average Bonchev–Trinajstić information content (AvgIpc) is 3.19. The highest BCUT2D eigenvalue weighted by atomic mass is 79.9. The first-order chi connectivity index (χ1) is 16.2. The van der Waals surface area contributed by atoms with Crippen molar-refractivity contribution in [3.8, 4) is 5.69 Å². The zero-order valence-corrected chi connectivity index (χ0v) is 19.7. The van der Waals surface area contributed by atoms with E-state index in [2.05, 4.69) is 26.6 Å². The summed E-state index contributed by atoms with van der Waals surface area (Å²) in [6.45, 7) is 2.98. The number of amides is 4. The molecule has 0 saturated carbocycles. The molecule has 1 fully saturated rings. The van der Waals surface area contributed by atoms with Crippen molar-refractivity contribution in [3.05, 3.63) is 87.3 Å². The van der Waals surface area contributed by atoms with Crippen molar-refractivity contribution in [2.45, 2.75) is 13.8 Å². The first kappa shape index (κ1) is 23.4.